The molecule has 1 atom stereocenters. The molecular formula is C24H26N4O4S. The second-order valence-electron chi connectivity index (χ2n) is 7.34. The number of nitrogens with zero attached hydrogens (tertiary/aromatic N) is 3. The van der Waals surface area contributed by atoms with Crippen LogP contribution in [0.3, 0.4) is 0 Å². The molecule has 33 heavy (non-hydrogen) atoms. The summed E-state index contributed by atoms with van der Waals surface area (Å²) in [6.45, 7) is 5.23. The molecular weight excluding hydrogens is 440 g/mol. The Bertz CT molecular complexity index is 1100. The van der Waals surface area contributed by atoms with Crippen LogP contribution in [0.15, 0.2) is 66.3 Å². The van der Waals surface area contributed by atoms with Crippen molar-refractivity contribution in [2.24, 2.45) is 0 Å². The van der Waals surface area contributed by atoms with Gasteiger partial charge in [0.15, 0.2) is 28.6 Å². The fourth-order valence-electron chi connectivity index (χ4n) is 3.41. The van der Waals surface area contributed by atoms with Gasteiger partial charge in [0, 0.05) is 13.1 Å². The summed E-state index contributed by atoms with van der Waals surface area (Å²) >= 11 is 1.33. The lowest BCUT2D eigenvalue weighted by Crippen LogP contribution is -2.27. The van der Waals surface area contributed by atoms with E-state index in [2.05, 4.69) is 22.1 Å². The summed E-state index contributed by atoms with van der Waals surface area (Å²) in [6, 6.07) is 15.3. The standard InChI is InChI=1S/C24H26N4O4S/c1-3-14-28-23(21-15-31-19-6-4-5-7-20(19)32-21)26-27-24(28)33-16-22(29)25-13-12-17-8-10-18(30-2)11-9-17/h3-11,21H,1,12-16H2,2H3,(H,25,29). The number of fused-ring (bicyclic) bond motifs is 1. The molecule has 1 unspecified atom stereocenters. The van der Waals surface area contributed by atoms with Gasteiger partial charge < -0.3 is 19.5 Å². The predicted molar refractivity (Wildman–Crippen MR) is 126 cm³/mol. The van der Waals surface area contributed by atoms with Gasteiger partial charge in [-0.1, -0.05) is 42.1 Å². The van der Waals surface area contributed by atoms with Crippen LogP contribution in [0.25, 0.3) is 0 Å². The molecule has 8 nitrogen and oxygen atoms in total. The monoisotopic (exact) mass is 466 g/mol. The Morgan fingerprint density at radius 1 is 1.24 bits per heavy atom. The summed E-state index contributed by atoms with van der Waals surface area (Å²) in [5.74, 6) is 3.03. The van der Waals surface area contributed by atoms with Gasteiger partial charge in [0.25, 0.3) is 0 Å². The highest BCUT2D eigenvalue weighted by molar-refractivity contribution is 7.99. The number of amides is 1. The first-order valence-electron chi connectivity index (χ1n) is 10.6. The number of carbonyl (C=O) groups excluding carboxylic acids is 1. The number of hydrogen-bond acceptors (Lipinski definition) is 7. The minimum Gasteiger partial charge on any atom is -0.497 e. The maximum atomic E-state index is 12.3. The molecule has 1 aliphatic heterocycles. The molecule has 1 N–H and O–H groups in total. The van der Waals surface area contributed by atoms with E-state index in [-0.39, 0.29) is 17.8 Å². The van der Waals surface area contributed by atoms with E-state index in [1.54, 1.807) is 13.2 Å². The van der Waals surface area contributed by atoms with E-state index in [0.29, 0.717) is 42.2 Å². The first-order valence-corrected chi connectivity index (χ1v) is 11.6. The number of ether oxygens (including phenoxy) is 3. The Balaban J connectivity index is 1.32. The average Bonchev–Trinajstić information content (AvgIpc) is 3.25. The van der Waals surface area contributed by atoms with E-state index in [9.17, 15) is 4.79 Å². The topological polar surface area (TPSA) is 87.5 Å². The molecule has 1 amide bonds. The molecule has 0 spiro atoms. The Morgan fingerprint density at radius 2 is 2.03 bits per heavy atom. The number of aromatic nitrogens is 3. The highest BCUT2D eigenvalue weighted by Crippen LogP contribution is 2.36. The van der Waals surface area contributed by atoms with Crippen molar-refractivity contribution < 1.29 is 19.0 Å². The summed E-state index contributed by atoms with van der Waals surface area (Å²) < 4.78 is 19.0. The molecule has 0 radical (unpaired) electrons. The van der Waals surface area contributed by atoms with Crippen molar-refractivity contribution in [1.82, 2.24) is 20.1 Å². The summed E-state index contributed by atoms with van der Waals surface area (Å²) in [7, 11) is 1.64. The predicted octanol–water partition coefficient (Wildman–Crippen LogP) is 3.44. The van der Waals surface area contributed by atoms with E-state index in [0.717, 1.165) is 17.7 Å². The van der Waals surface area contributed by atoms with Crippen molar-refractivity contribution in [2.45, 2.75) is 24.2 Å². The third-order valence-electron chi connectivity index (χ3n) is 5.08. The highest BCUT2D eigenvalue weighted by Gasteiger charge is 2.28. The van der Waals surface area contributed by atoms with Gasteiger partial charge >= 0.3 is 0 Å². The number of methoxy groups -OCH3 is 1. The largest absolute Gasteiger partial charge is 0.497 e. The van der Waals surface area contributed by atoms with Gasteiger partial charge in [-0.05, 0) is 36.2 Å². The SMILES string of the molecule is C=CCn1c(SCC(=O)NCCc2ccc(OC)cc2)nnc1C1COc2ccccc2O1. The number of benzene rings is 2. The third kappa shape index (κ3) is 5.67. The molecule has 1 aromatic heterocycles. The lowest BCUT2D eigenvalue weighted by molar-refractivity contribution is -0.118. The molecule has 2 heterocycles. The molecule has 172 valence electrons. The van der Waals surface area contributed by atoms with Crippen molar-refractivity contribution in [2.75, 3.05) is 26.0 Å². The summed E-state index contributed by atoms with van der Waals surface area (Å²) in [5.41, 5.74) is 1.13. The number of carbonyl (C=O) groups is 1. The maximum Gasteiger partial charge on any atom is 0.230 e. The van der Waals surface area contributed by atoms with E-state index >= 15 is 0 Å². The van der Waals surface area contributed by atoms with E-state index in [1.807, 2.05) is 53.1 Å². The Kier molecular flexibility index (Phi) is 7.51. The maximum absolute atomic E-state index is 12.3. The zero-order chi connectivity index (χ0) is 23.0. The first kappa shape index (κ1) is 22.7. The van der Waals surface area contributed by atoms with Crippen LogP contribution in [-0.2, 0) is 17.8 Å². The summed E-state index contributed by atoms with van der Waals surface area (Å²) in [6.07, 6.45) is 2.13. The molecule has 4 rings (SSSR count). The second kappa shape index (κ2) is 10.9. The van der Waals surface area contributed by atoms with E-state index < -0.39 is 0 Å². The Labute approximate surface area is 197 Å². The fourth-order valence-corrected chi connectivity index (χ4v) is 4.20. The van der Waals surface area contributed by atoms with Gasteiger partial charge in [0.1, 0.15) is 12.4 Å². The van der Waals surface area contributed by atoms with Crippen molar-refractivity contribution in [3.8, 4) is 17.2 Å². The molecule has 2 aromatic carbocycles. The Morgan fingerprint density at radius 3 is 2.79 bits per heavy atom. The van der Waals surface area contributed by atoms with Crippen LogP contribution in [0.5, 0.6) is 17.2 Å². The van der Waals surface area contributed by atoms with Gasteiger partial charge in [0.05, 0.1) is 12.9 Å². The zero-order valence-electron chi connectivity index (χ0n) is 18.4. The summed E-state index contributed by atoms with van der Waals surface area (Å²) in [5, 5.41) is 12.2. The molecule has 9 heteroatoms. The number of nitrogens with one attached hydrogen (secondary N) is 1. The van der Waals surface area contributed by atoms with Crippen LogP contribution < -0.4 is 19.5 Å². The zero-order valence-corrected chi connectivity index (χ0v) is 19.2. The van der Waals surface area contributed by atoms with Crippen molar-refractivity contribution >= 4 is 17.7 Å². The summed E-state index contributed by atoms with van der Waals surface area (Å²) in [4.78, 5) is 12.3. The molecule has 0 saturated carbocycles. The normalized spacial score (nSPS) is 14.5. The van der Waals surface area contributed by atoms with Crippen LogP contribution >= 0.6 is 11.8 Å². The van der Waals surface area contributed by atoms with E-state index in [4.69, 9.17) is 14.2 Å². The number of allylic oxidation sites excluding steroid dienone is 1. The van der Waals surface area contributed by atoms with Crippen LogP contribution in [0.4, 0.5) is 0 Å². The molecule has 0 fully saturated rings. The first-order chi connectivity index (χ1) is 16.2. The quantitative estimate of drug-likeness (QED) is 0.362. The van der Waals surface area contributed by atoms with Crippen molar-refractivity contribution in [3.05, 3.63) is 72.6 Å². The van der Waals surface area contributed by atoms with Crippen LogP contribution in [0, 0.1) is 0 Å². The number of thioether (sulfide) groups is 1. The smallest absolute Gasteiger partial charge is 0.230 e. The van der Waals surface area contributed by atoms with Crippen molar-refractivity contribution in [3.63, 3.8) is 0 Å². The molecule has 0 saturated heterocycles. The van der Waals surface area contributed by atoms with Gasteiger partial charge in [0.2, 0.25) is 5.91 Å². The molecule has 1 aliphatic rings. The molecule has 0 aliphatic carbocycles. The number of para-hydroxylation sites is 2. The second-order valence-corrected chi connectivity index (χ2v) is 8.28. The van der Waals surface area contributed by atoms with Gasteiger partial charge in [-0.25, -0.2) is 0 Å². The van der Waals surface area contributed by atoms with Gasteiger partial charge in [-0.2, -0.15) is 0 Å². The highest BCUT2D eigenvalue weighted by atomic mass is 32.2. The minimum atomic E-state index is -0.389. The van der Waals surface area contributed by atoms with Crippen LogP contribution in [0.2, 0.25) is 0 Å². The average molecular weight is 467 g/mol. The van der Waals surface area contributed by atoms with Crippen molar-refractivity contribution in [1.29, 1.82) is 0 Å². The molecule has 0 bridgehead atoms. The fraction of sp³-hybridized carbons (Fsp3) is 0.292. The van der Waals surface area contributed by atoms with E-state index in [1.165, 1.54) is 11.8 Å². The number of rotatable bonds is 10. The lowest BCUT2D eigenvalue weighted by atomic mass is 10.1. The third-order valence-corrected chi connectivity index (χ3v) is 6.05. The molecule has 3 aromatic rings. The lowest BCUT2D eigenvalue weighted by Gasteiger charge is -2.26. The van der Waals surface area contributed by atoms with Gasteiger partial charge in [-0.15, -0.1) is 16.8 Å². The minimum absolute atomic E-state index is 0.0607. The van der Waals surface area contributed by atoms with Gasteiger partial charge in [-0.3, -0.25) is 9.36 Å². The van der Waals surface area contributed by atoms with Crippen LogP contribution in [0.1, 0.15) is 17.5 Å². The number of hydrogen-bond donors (Lipinski definition) is 1. The van der Waals surface area contributed by atoms with Crippen LogP contribution in [-0.4, -0.2) is 46.7 Å². The Hall–Kier alpha value is -3.46.